The van der Waals surface area contributed by atoms with E-state index in [2.05, 4.69) is 0 Å². The molecule has 1 aliphatic rings. The summed E-state index contributed by atoms with van der Waals surface area (Å²) in [5.74, 6) is -0.254. The van der Waals surface area contributed by atoms with E-state index in [0.29, 0.717) is 34.8 Å². The van der Waals surface area contributed by atoms with Crippen molar-refractivity contribution in [1.82, 2.24) is 4.90 Å². The van der Waals surface area contributed by atoms with Gasteiger partial charge in [-0.25, -0.2) is 4.39 Å². The van der Waals surface area contributed by atoms with Crippen LogP contribution < -0.4 is 9.47 Å². The Kier molecular flexibility index (Phi) is 8.10. The second kappa shape index (κ2) is 11.4. The summed E-state index contributed by atoms with van der Waals surface area (Å²) >= 11 is 6.84. The Hall–Kier alpha value is -3.89. The average Bonchev–Trinajstić information content (AvgIpc) is 3.12. The van der Waals surface area contributed by atoms with Crippen LogP contribution in [0.15, 0.2) is 65.6 Å². The summed E-state index contributed by atoms with van der Waals surface area (Å²) in [7, 11) is 0. The second-order valence-corrected chi connectivity index (χ2v) is 9.22. The number of thioether (sulfide) groups is 1. The molecular formula is C26H20ClFN2O6S. The lowest BCUT2D eigenvalue weighted by Crippen LogP contribution is -2.27. The number of nitro groups is 1. The first kappa shape index (κ1) is 26.2. The van der Waals surface area contributed by atoms with E-state index in [1.165, 1.54) is 18.2 Å². The highest BCUT2D eigenvalue weighted by atomic mass is 35.5. The summed E-state index contributed by atoms with van der Waals surface area (Å²) in [6.45, 7) is 2.01. The fourth-order valence-electron chi connectivity index (χ4n) is 3.58. The number of para-hydroxylation sites is 1. The molecule has 37 heavy (non-hydrogen) atoms. The van der Waals surface area contributed by atoms with Gasteiger partial charge < -0.3 is 9.47 Å². The zero-order valence-corrected chi connectivity index (χ0v) is 21.1. The average molecular weight is 543 g/mol. The van der Waals surface area contributed by atoms with E-state index in [-0.39, 0.29) is 28.8 Å². The number of hydrogen-bond donors (Lipinski definition) is 0. The third kappa shape index (κ3) is 6.10. The van der Waals surface area contributed by atoms with Crippen LogP contribution in [0.2, 0.25) is 5.02 Å². The predicted octanol–water partition coefficient (Wildman–Crippen LogP) is 6.60. The molecule has 4 rings (SSSR count). The van der Waals surface area contributed by atoms with Crippen molar-refractivity contribution in [3.05, 3.63) is 103 Å². The Balaban J connectivity index is 1.52. The highest BCUT2D eigenvalue weighted by molar-refractivity contribution is 8.18. The van der Waals surface area contributed by atoms with Crippen molar-refractivity contribution >= 4 is 46.3 Å². The SMILES string of the molecule is CCOc1cc(/C=C2/SC(=O)N(Cc3ccc(F)cc3Cl)C2=O)ccc1OCc1ccccc1[N+](=O)[O-]. The molecule has 1 heterocycles. The van der Waals surface area contributed by atoms with Crippen LogP contribution in [0.25, 0.3) is 6.08 Å². The highest BCUT2D eigenvalue weighted by Crippen LogP contribution is 2.36. The monoisotopic (exact) mass is 542 g/mol. The highest BCUT2D eigenvalue weighted by Gasteiger charge is 2.35. The van der Waals surface area contributed by atoms with Gasteiger partial charge in [0, 0.05) is 11.1 Å². The van der Waals surface area contributed by atoms with Gasteiger partial charge >= 0.3 is 0 Å². The minimum atomic E-state index is -0.512. The third-order valence-corrected chi connectivity index (χ3v) is 6.61. The molecular weight excluding hydrogens is 523 g/mol. The normalized spacial score (nSPS) is 14.4. The number of carbonyl (C=O) groups is 2. The van der Waals surface area contributed by atoms with Crippen LogP contribution in [0.4, 0.5) is 14.9 Å². The topological polar surface area (TPSA) is 99.0 Å². The lowest BCUT2D eigenvalue weighted by atomic mass is 10.1. The van der Waals surface area contributed by atoms with Crippen molar-refractivity contribution in [3.63, 3.8) is 0 Å². The molecule has 1 fully saturated rings. The number of hydrogen-bond acceptors (Lipinski definition) is 7. The zero-order valence-electron chi connectivity index (χ0n) is 19.5. The van der Waals surface area contributed by atoms with Gasteiger partial charge in [0.05, 0.1) is 28.5 Å². The smallest absolute Gasteiger partial charge is 0.293 e. The molecule has 11 heteroatoms. The number of ether oxygens (including phenoxy) is 2. The Labute approximate surface area is 220 Å². The maximum atomic E-state index is 13.3. The van der Waals surface area contributed by atoms with Crippen LogP contribution in [-0.4, -0.2) is 27.6 Å². The van der Waals surface area contributed by atoms with Gasteiger partial charge in [-0.05, 0) is 66.2 Å². The maximum absolute atomic E-state index is 13.3. The van der Waals surface area contributed by atoms with Gasteiger partial charge in [0.2, 0.25) is 0 Å². The van der Waals surface area contributed by atoms with E-state index < -0.39 is 21.9 Å². The molecule has 0 aliphatic carbocycles. The van der Waals surface area contributed by atoms with Crippen molar-refractivity contribution in [3.8, 4) is 11.5 Å². The minimum absolute atomic E-state index is 0.0403. The Morgan fingerprint density at radius 1 is 1.05 bits per heavy atom. The van der Waals surface area contributed by atoms with Crippen molar-refractivity contribution in [2.24, 2.45) is 0 Å². The van der Waals surface area contributed by atoms with Crippen LogP contribution in [0.5, 0.6) is 11.5 Å². The largest absolute Gasteiger partial charge is 0.490 e. The van der Waals surface area contributed by atoms with Gasteiger partial charge in [-0.15, -0.1) is 0 Å². The van der Waals surface area contributed by atoms with Crippen molar-refractivity contribution < 1.29 is 28.4 Å². The fraction of sp³-hybridized carbons (Fsp3) is 0.154. The lowest BCUT2D eigenvalue weighted by Gasteiger charge is -2.14. The molecule has 0 bridgehead atoms. The van der Waals surface area contributed by atoms with Gasteiger partial charge in [0.15, 0.2) is 11.5 Å². The van der Waals surface area contributed by atoms with E-state index in [1.54, 1.807) is 49.4 Å². The van der Waals surface area contributed by atoms with Crippen molar-refractivity contribution in [2.75, 3.05) is 6.61 Å². The zero-order chi connectivity index (χ0) is 26.5. The van der Waals surface area contributed by atoms with E-state index in [9.17, 15) is 24.1 Å². The Bertz CT molecular complexity index is 1410. The third-order valence-electron chi connectivity index (χ3n) is 5.35. The molecule has 0 aromatic heterocycles. The van der Waals surface area contributed by atoms with E-state index >= 15 is 0 Å². The summed E-state index contributed by atoms with van der Waals surface area (Å²) < 4.78 is 24.8. The number of nitrogens with zero attached hydrogens (tertiary/aromatic N) is 2. The Morgan fingerprint density at radius 2 is 1.84 bits per heavy atom. The molecule has 0 radical (unpaired) electrons. The molecule has 3 aromatic carbocycles. The summed E-state index contributed by atoms with van der Waals surface area (Å²) in [6, 6.07) is 15.0. The second-order valence-electron chi connectivity index (χ2n) is 7.82. The van der Waals surface area contributed by atoms with E-state index in [1.807, 2.05) is 0 Å². The molecule has 0 spiro atoms. The van der Waals surface area contributed by atoms with Gasteiger partial charge in [-0.3, -0.25) is 24.6 Å². The lowest BCUT2D eigenvalue weighted by molar-refractivity contribution is -0.385. The number of amides is 2. The van der Waals surface area contributed by atoms with E-state index in [4.69, 9.17) is 21.1 Å². The molecule has 1 aliphatic heterocycles. The van der Waals surface area contributed by atoms with Gasteiger partial charge in [-0.2, -0.15) is 0 Å². The number of nitro benzene ring substituents is 1. The first-order valence-corrected chi connectivity index (χ1v) is 12.3. The molecule has 8 nitrogen and oxygen atoms in total. The Morgan fingerprint density at radius 3 is 2.57 bits per heavy atom. The fourth-order valence-corrected chi connectivity index (χ4v) is 4.64. The first-order valence-electron chi connectivity index (χ1n) is 11.1. The quantitative estimate of drug-likeness (QED) is 0.170. The molecule has 190 valence electrons. The summed E-state index contributed by atoms with van der Waals surface area (Å²) in [5, 5.41) is 10.9. The standard InChI is InChI=1S/C26H20ClFN2O6S/c1-2-35-23-11-16(7-10-22(23)36-15-18-5-3-4-6-21(18)30(33)34)12-24-25(31)29(26(32)37-24)14-17-8-9-19(28)13-20(17)27/h3-13H,2,14-15H2,1H3/b24-12+. The molecule has 1 saturated heterocycles. The summed E-state index contributed by atoms with van der Waals surface area (Å²) in [6.07, 6.45) is 1.56. The van der Waals surface area contributed by atoms with Gasteiger partial charge in [0.1, 0.15) is 12.4 Å². The number of imide groups is 1. The van der Waals surface area contributed by atoms with Gasteiger partial charge in [-0.1, -0.05) is 35.9 Å². The molecule has 0 N–H and O–H groups in total. The van der Waals surface area contributed by atoms with Crippen LogP contribution in [0.1, 0.15) is 23.6 Å². The molecule has 0 unspecified atom stereocenters. The van der Waals surface area contributed by atoms with Crippen LogP contribution >= 0.6 is 23.4 Å². The van der Waals surface area contributed by atoms with Crippen LogP contribution in [0, 0.1) is 15.9 Å². The molecule has 2 amide bonds. The number of benzene rings is 3. The van der Waals surface area contributed by atoms with Crippen LogP contribution in [0.3, 0.4) is 0 Å². The maximum Gasteiger partial charge on any atom is 0.293 e. The van der Waals surface area contributed by atoms with Gasteiger partial charge in [0.25, 0.3) is 16.8 Å². The summed E-state index contributed by atoms with van der Waals surface area (Å²) in [5.41, 5.74) is 1.40. The number of halogens is 2. The number of carbonyl (C=O) groups excluding carboxylic acids is 2. The first-order chi connectivity index (χ1) is 17.8. The molecule has 0 saturated carbocycles. The molecule has 3 aromatic rings. The molecule has 0 atom stereocenters. The van der Waals surface area contributed by atoms with Crippen molar-refractivity contribution in [1.29, 1.82) is 0 Å². The van der Waals surface area contributed by atoms with Crippen molar-refractivity contribution in [2.45, 2.75) is 20.1 Å². The minimum Gasteiger partial charge on any atom is -0.490 e. The summed E-state index contributed by atoms with van der Waals surface area (Å²) in [4.78, 5) is 37.5. The van der Waals surface area contributed by atoms with Crippen LogP contribution in [-0.2, 0) is 17.9 Å². The number of rotatable bonds is 9. The van der Waals surface area contributed by atoms with E-state index in [0.717, 1.165) is 22.7 Å². The predicted molar refractivity (Wildman–Crippen MR) is 138 cm³/mol.